The van der Waals surface area contributed by atoms with Gasteiger partial charge in [-0.25, -0.2) is 4.98 Å². The maximum absolute atomic E-state index is 13.2. The summed E-state index contributed by atoms with van der Waals surface area (Å²) in [6.45, 7) is 5.54. The third-order valence-corrected chi connectivity index (χ3v) is 9.87. The Morgan fingerprint density at radius 1 is 1.11 bits per heavy atom. The van der Waals surface area contributed by atoms with Crippen LogP contribution in [0.4, 0.5) is 5.95 Å². The molecule has 4 rings (SSSR count). The number of aromatic nitrogens is 4. The molecule has 1 atom stereocenters. The van der Waals surface area contributed by atoms with Crippen LogP contribution in [0.2, 0.25) is 0 Å². The van der Waals surface area contributed by atoms with E-state index in [0.717, 1.165) is 28.4 Å². The van der Waals surface area contributed by atoms with Gasteiger partial charge in [-0.3, -0.25) is 24.2 Å². The van der Waals surface area contributed by atoms with Crippen molar-refractivity contribution in [1.82, 2.24) is 19.9 Å². The van der Waals surface area contributed by atoms with Crippen LogP contribution in [0.25, 0.3) is 11.0 Å². The first-order chi connectivity index (χ1) is 21.5. The van der Waals surface area contributed by atoms with E-state index in [2.05, 4.69) is 19.9 Å². The molecule has 4 heterocycles. The molecule has 0 aliphatic carbocycles. The van der Waals surface area contributed by atoms with E-state index < -0.39 is 23.5 Å². The van der Waals surface area contributed by atoms with Crippen molar-refractivity contribution in [3.8, 4) is 0 Å². The van der Waals surface area contributed by atoms with Crippen LogP contribution >= 0.6 is 32.9 Å². The standard InChI is InChI=1S/C31H37N5O6S3/c1-31(2,3)42-29(40)19(10-13-26(38)41-15-16-43-45-25-9-4-5-14-33-25)17-23(37)24-12-11-21(44-24)8-6-7-20-18-22-27(34-20)35-30(32)36-28(22)39/h4-5,9,11-12,14,18-19H,6-8,10,13,15-17H2,1-3H3,(H4,32,34,35,36,39)/t19-/m1/s1. The minimum Gasteiger partial charge on any atom is -0.465 e. The number of thiophene rings is 1. The number of hydrogen-bond acceptors (Lipinski definition) is 12. The van der Waals surface area contributed by atoms with E-state index in [1.165, 1.54) is 32.9 Å². The number of aromatic amines is 2. The molecule has 0 amide bonds. The number of H-pyrrole nitrogens is 2. The number of rotatable bonds is 16. The average molecular weight is 672 g/mol. The van der Waals surface area contributed by atoms with Crippen molar-refractivity contribution in [1.29, 1.82) is 0 Å². The number of nitrogens with zero attached hydrogens (tertiary/aromatic N) is 2. The third-order valence-electron chi connectivity index (χ3n) is 6.46. The number of carbonyl (C=O) groups is 3. The van der Waals surface area contributed by atoms with E-state index in [-0.39, 0.29) is 43.2 Å². The number of pyridine rings is 1. The number of nitrogens with one attached hydrogen (secondary N) is 2. The summed E-state index contributed by atoms with van der Waals surface area (Å²) < 4.78 is 10.9. The van der Waals surface area contributed by atoms with Gasteiger partial charge in [0, 0.05) is 35.4 Å². The summed E-state index contributed by atoms with van der Waals surface area (Å²) >= 11 is 1.39. The van der Waals surface area contributed by atoms with Crippen molar-refractivity contribution in [3.05, 3.63) is 68.4 Å². The van der Waals surface area contributed by atoms with Crippen LogP contribution in [0.15, 0.2) is 52.4 Å². The first kappa shape index (κ1) is 34.3. The summed E-state index contributed by atoms with van der Waals surface area (Å²) in [6, 6.07) is 11.1. The number of nitrogen functional groups attached to an aromatic ring is 1. The Kier molecular flexibility index (Phi) is 12.3. The second-order valence-electron chi connectivity index (χ2n) is 11.3. The smallest absolute Gasteiger partial charge is 0.309 e. The minimum absolute atomic E-state index is 0.00661. The second-order valence-corrected chi connectivity index (χ2v) is 14.9. The van der Waals surface area contributed by atoms with E-state index in [1.54, 1.807) is 39.1 Å². The lowest BCUT2D eigenvalue weighted by Crippen LogP contribution is -2.30. The molecular weight excluding hydrogens is 635 g/mol. The van der Waals surface area contributed by atoms with Crippen LogP contribution in [0, 0.1) is 5.92 Å². The number of fused-ring (bicyclic) bond motifs is 1. The first-order valence-corrected chi connectivity index (χ1v) is 17.7. The molecule has 11 nitrogen and oxygen atoms in total. The lowest BCUT2D eigenvalue weighted by Gasteiger charge is -2.23. The van der Waals surface area contributed by atoms with Crippen molar-refractivity contribution >= 4 is 67.6 Å². The molecule has 0 aromatic carbocycles. The van der Waals surface area contributed by atoms with Crippen molar-refractivity contribution in [2.24, 2.45) is 5.92 Å². The fraction of sp³-hybridized carbons (Fsp3) is 0.419. The number of anilines is 1. The van der Waals surface area contributed by atoms with E-state index in [1.807, 2.05) is 24.3 Å². The highest BCUT2D eigenvalue weighted by Gasteiger charge is 2.29. The second kappa shape index (κ2) is 16.1. The molecule has 0 radical (unpaired) electrons. The van der Waals surface area contributed by atoms with Crippen molar-refractivity contribution in [2.75, 3.05) is 18.1 Å². The number of carbonyl (C=O) groups excluding carboxylic acids is 3. The SMILES string of the molecule is CC(C)(C)OC(=O)[C@H](CCC(=O)OCCSSc1ccccn1)CC(=O)c1ccc(CCCc2cc3c(=O)[nH]c(N)nc3[nH]2)s1. The molecule has 4 N–H and O–H groups in total. The van der Waals surface area contributed by atoms with Gasteiger partial charge in [0.05, 0.1) is 16.2 Å². The largest absolute Gasteiger partial charge is 0.465 e. The summed E-state index contributed by atoms with van der Waals surface area (Å²) in [4.78, 5) is 66.3. The van der Waals surface area contributed by atoms with Crippen LogP contribution in [-0.2, 0) is 31.9 Å². The molecule has 0 bridgehead atoms. The maximum Gasteiger partial charge on any atom is 0.309 e. The predicted octanol–water partition coefficient (Wildman–Crippen LogP) is 5.76. The maximum atomic E-state index is 13.2. The van der Waals surface area contributed by atoms with Crippen molar-refractivity contribution in [3.63, 3.8) is 0 Å². The Labute approximate surface area is 272 Å². The fourth-order valence-corrected chi connectivity index (χ4v) is 7.11. The van der Waals surface area contributed by atoms with Gasteiger partial charge >= 0.3 is 11.9 Å². The fourth-order valence-electron chi connectivity index (χ4n) is 4.41. The third kappa shape index (κ3) is 11.0. The van der Waals surface area contributed by atoms with Crippen molar-refractivity contribution < 1.29 is 23.9 Å². The quantitative estimate of drug-likeness (QED) is 0.0573. The van der Waals surface area contributed by atoms with Crippen molar-refractivity contribution in [2.45, 2.75) is 69.9 Å². The monoisotopic (exact) mass is 671 g/mol. The van der Waals surface area contributed by atoms with Crippen LogP contribution in [0.3, 0.4) is 0 Å². The zero-order valence-electron chi connectivity index (χ0n) is 25.4. The van der Waals surface area contributed by atoms with Gasteiger partial charge in [-0.05, 0) is 87.6 Å². The van der Waals surface area contributed by atoms with E-state index in [0.29, 0.717) is 28.1 Å². The summed E-state index contributed by atoms with van der Waals surface area (Å²) in [5, 5.41) is 1.34. The van der Waals surface area contributed by atoms with Gasteiger partial charge in [-0.1, -0.05) is 16.9 Å². The van der Waals surface area contributed by atoms with Gasteiger partial charge in [-0.15, -0.1) is 11.3 Å². The molecule has 0 unspecified atom stereocenters. The summed E-state index contributed by atoms with van der Waals surface area (Å²) in [5.41, 5.74) is 5.95. The Morgan fingerprint density at radius 3 is 2.69 bits per heavy atom. The average Bonchev–Trinajstić information content (AvgIpc) is 3.62. The molecule has 0 fully saturated rings. The minimum atomic E-state index is -0.767. The highest BCUT2D eigenvalue weighted by molar-refractivity contribution is 8.76. The number of aryl methyl sites for hydroxylation is 2. The molecule has 0 saturated carbocycles. The summed E-state index contributed by atoms with van der Waals surface area (Å²) in [7, 11) is 3.04. The molecule has 14 heteroatoms. The Morgan fingerprint density at radius 2 is 1.93 bits per heavy atom. The predicted molar refractivity (Wildman–Crippen MR) is 178 cm³/mol. The Balaban J connectivity index is 1.25. The zero-order valence-corrected chi connectivity index (χ0v) is 27.9. The lowest BCUT2D eigenvalue weighted by molar-refractivity contribution is -0.160. The molecule has 4 aromatic rings. The zero-order chi connectivity index (χ0) is 32.4. The summed E-state index contributed by atoms with van der Waals surface area (Å²) in [5.74, 6) is -1.20. The first-order valence-electron chi connectivity index (χ1n) is 14.5. The topological polar surface area (TPSA) is 170 Å². The van der Waals surface area contributed by atoms with E-state index in [9.17, 15) is 19.2 Å². The number of ether oxygens (including phenoxy) is 2. The number of nitrogens with two attached hydrogens (primary N) is 1. The number of esters is 2. The Bertz CT molecular complexity index is 1660. The number of hydrogen-bond donors (Lipinski definition) is 3. The molecular formula is C31H37N5O6S3. The molecule has 0 spiro atoms. The van der Waals surface area contributed by atoms with Gasteiger partial charge in [0.2, 0.25) is 5.95 Å². The number of Topliss-reactive ketones (excluding diaryl/α,β-unsaturated/α-hetero) is 1. The molecule has 0 aliphatic rings. The molecule has 0 saturated heterocycles. The van der Waals surface area contributed by atoms with Gasteiger partial charge in [0.1, 0.15) is 22.9 Å². The Hall–Kier alpha value is -3.62. The number of ketones is 1. The lowest BCUT2D eigenvalue weighted by atomic mass is 9.96. The molecule has 240 valence electrons. The van der Waals surface area contributed by atoms with Gasteiger partial charge in [0.15, 0.2) is 5.78 Å². The van der Waals surface area contributed by atoms with Crippen LogP contribution < -0.4 is 11.3 Å². The van der Waals surface area contributed by atoms with E-state index >= 15 is 0 Å². The normalized spacial score (nSPS) is 12.2. The van der Waals surface area contributed by atoms with Gasteiger partial charge in [-0.2, -0.15) is 4.98 Å². The van der Waals surface area contributed by atoms with E-state index in [4.69, 9.17) is 15.2 Å². The summed E-state index contributed by atoms with van der Waals surface area (Å²) in [6.07, 6.45) is 4.04. The molecule has 4 aromatic heterocycles. The van der Waals surface area contributed by atoms with Crippen LogP contribution in [0.5, 0.6) is 0 Å². The molecule has 0 aliphatic heterocycles. The van der Waals surface area contributed by atoms with Crippen LogP contribution in [0.1, 0.15) is 66.7 Å². The van der Waals surface area contributed by atoms with Crippen LogP contribution in [-0.4, -0.2) is 55.6 Å². The highest BCUT2D eigenvalue weighted by atomic mass is 33.1. The highest BCUT2D eigenvalue weighted by Crippen LogP contribution is 2.29. The molecule has 45 heavy (non-hydrogen) atoms. The van der Waals surface area contributed by atoms with Gasteiger partial charge in [0.25, 0.3) is 5.56 Å². The van der Waals surface area contributed by atoms with Gasteiger partial charge < -0.3 is 20.2 Å².